The highest BCUT2D eigenvalue weighted by molar-refractivity contribution is 6.03. The van der Waals surface area contributed by atoms with E-state index in [0.717, 1.165) is 6.07 Å². The molecular formula is C13H11N3O5. The molecule has 0 aliphatic rings. The summed E-state index contributed by atoms with van der Waals surface area (Å²) in [7, 11) is 0. The SMILES string of the molecule is Cc1ccc(NC(=O)c2cc(=O)[nH]c(=O)[nH]2)cc1C(=O)O. The van der Waals surface area contributed by atoms with Crippen LogP contribution in [0.25, 0.3) is 0 Å². The molecule has 0 fully saturated rings. The van der Waals surface area contributed by atoms with Crippen LogP contribution in [0.1, 0.15) is 26.4 Å². The first-order valence-electron chi connectivity index (χ1n) is 5.86. The molecule has 4 N–H and O–H groups in total. The summed E-state index contributed by atoms with van der Waals surface area (Å²) >= 11 is 0. The van der Waals surface area contributed by atoms with E-state index >= 15 is 0 Å². The second-order valence-corrected chi connectivity index (χ2v) is 4.29. The molecule has 2 rings (SSSR count). The largest absolute Gasteiger partial charge is 0.478 e. The molecule has 0 saturated heterocycles. The predicted octanol–water partition coefficient (Wildman–Crippen LogP) is 0.322. The Hall–Kier alpha value is -3.16. The molecule has 2 aromatic rings. The number of benzene rings is 1. The smallest absolute Gasteiger partial charge is 0.336 e. The van der Waals surface area contributed by atoms with Gasteiger partial charge in [0.25, 0.3) is 11.5 Å². The Morgan fingerprint density at radius 2 is 1.86 bits per heavy atom. The molecule has 1 heterocycles. The van der Waals surface area contributed by atoms with Crippen LogP contribution in [-0.4, -0.2) is 27.0 Å². The molecule has 0 spiro atoms. The van der Waals surface area contributed by atoms with Gasteiger partial charge in [-0.2, -0.15) is 0 Å². The summed E-state index contributed by atoms with van der Waals surface area (Å²) in [6.45, 7) is 1.63. The number of aryl methyl sites for hydroxylation is 1. The highest BCUT2D eigenvalue weighted by Crippen LogP contribution is 2.15. The van der Waals surface area contributed by atoms with Gasteiger partial charge < -0.3 is 15.4 Å². The zero-order valence-electron chi connectivity index (χ0n) is 10.9. The van der Waals surface area contributed by atoms with Crippen LogP contribution in [0, 0.1) is 6.92 Å². The van der Waals surface area contributed by atoms with E-state index < -0.39 is 23.1 Å². The number of hydrogen-bond acceptors (Lipinski definition) is 4. The van der Waals surface area contributed by atoms with Gasteiger partial charge in [-0.25, -0.2) is 9.59 Å². The normalized spacial score (nSPS) is 10.1. The van der Waals surface area contributed by atoms with Crippen LogP contribution >= 0.6 is 0 Å². The van der Waals surface area contributed by atoms with Crippen molar-refractivity contribution in [1.82, 2.24) is 9.97 Å². The van der Waals surface area contributed by atoms with Gasteiger partial charge >= 0.3 is 11.7 Å². The second kappa shape index (κ2) is 5.45. The van der Waals surface area contributed by atoms with Gasteiger partial charge in [-0.05, 0) is 24.6 Å². The Kier molecular flexibility index (Phi) is 3.70. The van der Waals surface area contributed by atoms with Crippen molar-refractivity contribution >= 4 is 17.6 Å². The Labute approximate surface area is 117 Å². The van der Waals surface area contributed by atoms with Gasteiger partial charge in [0, 0.05) is 11.8 Å². The summed E-state index contributed by atoms with van der Waals surface area (Å²) < 4.78 is 0. The summed E-state index contributed by atoms with van der Waals surface area (Å²) in [5, 5.41) is 11.4. The van der Waals surface area contributed by atoms with E-state index in [1.54, 1.807) is 13.0 Å². The average molecular weight is 289 g/mol. The molecule has 0 bridgehead atoms. The van der Waals surface area contributed by atoms with Gasteiger partial charge in [-0.1, -0.05) is 6.07 Å². The standard InChI is InChI=1S/C13H11N3O5/c1-6-2-3-7(4-8(6)12(19)20)14-11(18)9-5-10(17)16-13(21)15-9/h2-5H,1H3,(H,14,18)(H,19,20)(H2,15,16,17,21). The van der Waals surface area contributed by atoms with Crippen LogP contribution in [-0.2, 0) is 0 Å². The monoisotopic (exact) mass is 289 g/mol. The molecule has 0 aliphatic heterocycles. The summed E-state index contributed by atoms with van der Waals surface area (Å²) in [6, 6.07) is 5.29. The number of carbonyl (C=O) groups excluding carboxylic acids is 1. The van der Waals surface area contributed by atoms with Crippen molar-refractivity contribution in [2.45, 2.75) is 6.92 Å². The zero-order valence-corrected chi connectivity index (χ0v) is 10.9. The minimum atomic E-state index is -1.12. The van der Waals surface area contributed by atoms with Crippen LogP contribution in [0.3, 0.4) is 0 Å². The average Bonchev–Trinajstić information content (AvgIpc) is 2.39. The quantitative estimate of drug-likeness (QED) is 0.646. The third-order valence-electron chi connectivity index (χ3n) is 2.73. The number of amides is 1. The number of aromatic nitrogens is 2. The lowest BCUT2D eigenvalue weighted by atomic mass is 10.1. The van der Waals surface area contributed by atoms with Gasteiger partial charge in [0.05, 0.1) is 5.56 Å². The maximum Gasteiger partial charge on any atom is 0.336 e. The minimum Gasteiger partial charge on any atom is -0.478 e. The topological polar surface area (TPSA) is 132 Å². The lowest BCUT2D eigenvalue weighted by Crippen LogP contribution is -2.27. The maximum atomic E-state index is 11.9. The fourth-order valence-electron chi connectivity index (χ4n) is 1.72. The number of nitrogens with one attached hydrogen (secondary N) is 3. The first-order valence-corrected chi connectivity index (χ1v) is 5.86. The van der Waals surface area contributed by atoms with Crippen molar-refractivity contribution in [3.8, 4) is 0 Å². The van der Waals surface area contributed by atoms with E-state index in [-0.39, 0.29) is 16.9 Å². The van der Waals surface area contributed by atoms with E-state index in [2.05, 4.69) is 10.3 Å². The van der Waals surface area contributed by atoms with Crippen molar-refractivity contribution in [1.29, 1.82) is 0 Å². The number of carboxylic acids is 1. The molecule has 21 heavy (non-hydrogen) atoms. The molecule has 8 nitrogen and oxygen atoms in total. The van der Waals surface area contributed by atoms with Crippen LogP contribution in [0.2, 0.25) is 0 Å². The van der Waals surface area contributed by atoms with Gasteiger partial charge in [-0.15, -0.1) is 0 Å². The van der Waals surface area contributed by atoms with Crippen molar-refractivity contribution in [3.05, 3.63) is 61.9 Å². The second-order valence-electron chi connectivity index (χ2n) is 4.29. The van der Waals surface area contributed by atoms with Crippen LogP contribution in [0.15, 0.2) is 33.9 Å². The fourth-order valence-corrected chi connectivity index (χ4v) is 1.72. The lowest BCUT2D eigenvalue weighted by Gasteiger charge is -2.07. The molecular weight excluding hydrogens is 278 g/mol. The number of hydrogen-bond donors (Lipinski definition) is 4. The minimum absolute atomic E-state index is 0.0483. The van der Waals surface area contributed by atoms with Crippen molar-refractivity contribution in [2.24, 2.45) is 0 Å². The Bertz CT molecular complexity index is 806. The Morgan fingerprint density at radius 1 is 1.14 bits per heavy atom. The maximum absolute atomic E-state index is 11.9. The Balaban J connectivity index is 2.31. The highest BCUT2D eigenvalue weighted by atomic mass is 16.4. The van der Waals surface area contributed by atoms with Crippen LogP contribution in [0.5, 0.6) is 0 Å². The molecule has 0 aliphatic carbocycles. The van der Waals surface area contributed by atoms with Gasteiger partial charge in [0.1, 0.15) is 5.69 Å². The van der Waals surface area contributed by atoms with Crippen molar-refractivity contribution in [2.75, 3.05) is 5.32 Å². The van der Waals surface area contributed by atoms with E-state index in [1.165, 1.54) is 12.1 Å². The summed E-state index contributed by atoms with van der Waals surface area (Å²) in [5.41, 5.74) is -0.899. The van der Waals surface area contributed by atoms with E-state index in [9.17, 15) is 19.2 Å². The number of rotatable bonds is 3. The number of H-pyrrole nitrogens is 2. The zero-order chi connectivity index (χ0) is 15.6. The van der Waals surface area contributed by atoms with Crippen molar-refractivity contribution < 1.29 is 14.7 Å². The lowest BCUT2D eigenvalue weighted by molar-refractivity contribution is 0.0695. The molecule has 1 amide bonds. The van der Waals surface area contributed by atoms with E-state index in [4.69, 9.17) is 5.11 Å². The van der Waals surface area contributed by atoms with Crippen LogP contribution < -0.4 is 16.6 Å². The summed E-state index contributed by atoms with van der Waals surface area (Å²) in [5.74, 6) is -1.84. The third-order valence-corrected chi connectivity index (χ3v) is 2.73. The van der Waals surface area contributed by atoms with Crippen molar-refractivity contribution in [3.63, 3.8) is 0 Å². The van der Waals surface area contributed by atoms with Gasteiger partial charge in [-0.3, -0.25) is 14.6 Å². The molecule has 0 unspecified atom stereocenters. The summed E-state index contributed by atoms with van der Waals surface area (Å²) in [6.07, 6.45) is 0. The first-order chi connectivity index (χ1) is 9.86. The number of aromatic carboxylic acids is 1. The highest BCUT2D eigenvalue weighted by Gasteiger charge is 2.12. The predicted molar refractivity (Wildman–Crippen MR) is 73.8 cm³/mol. The fraction of sp³-hybridized carbons (Fsp3) is 0.0769. The van der Waals surface area contributed by atoms with Gasteiger partial charge in [0.15, 0.2) is 0 Å². The molecule has 0 radical (unpaired) electrons. The van der Waals surface area contributed by atoms with E-state index in [1.807, 2.05) is 4.98 Å². The molecule has 1 aromatic carbocycles. The molecule has 108 valence electrons. The Morgan fingerprint density at radius 3 is 2.48 bits per heavy atom. The molecule has 0 saturated carbocycles. The number of carbonyl (C=O) groups is 2. The van der Waals surface area contributed by atoms with E-state index in [0.29, 0.717) is 5.56 Å². The first kappa shape index (κ1) is 14.3. The summed E-state index contributed by atoms with van der Waals surface area (Å²) in [4.78, 5) is 49.2. The van der Waals surface area contributed by atoms with Crippen LogP contribution in [0.4, 0.5) is 5.69 Å². The molecule has 1 aromatic heterocycles. The van der Waals surface area contributed by atoms with Gasteiger partial charge in [0.2, 0.25) is 0 Å². The number of anilines is 1. The molecule has 0 atom stereocenters. The molecule has 8 heteroatoms. The number of aromatic amines is 2. The third kappa shape index (κ3) is 3.24. The number of carboxylic acid groups (broad SMARTS) is 1.